The fraction of sp³-hybridized carbons (Fsp3) is 0.500. The van der Waals surface area contributed by atoms with E-state index in [1.54, 1.807) is 12.1 Å². The molecule has 1 fully saturated rings. The zero-order valence-electron chi connectivity index (χ0n) is 11.0. The number of carbonyl (C=O) groups is 1. The van der Waals surface area contributed by atoms with Crippen LogP contribution >= 0.6 is 11.6 Å². The highest BCUT2D eigenvalue weighted by atomic mass is 35.5. The minimum absolute atomic E-state index is 0.0147. The highest BCUT2D eigenvalue weighted by molar-refractivity contribution is 6.30. The quantitative estimate of drug-likeness (QED) is 0.925. The van der Waals surface area contributed by atoms with Crippen LogP contribution in [-0.2, 0) is 4.79 Å². The molecule has 1 unspecified atom stereocenters. The number of hydrogen-bond acceptors (Lipinski definition) is 2. The summed E-state index contributed by atoms with van der Waals surface area (Å²) in [6.45, 7) is 3.86. The number of benzene rings is 1. The van der Waals surface area contributed by atoms with Crippen molar-refractivity contribution in [2.24, 2.45) is 5.92 Å². The number of carbonyl (C=O) groups excluding carboxylic acids is 1. The zero-order valence-corrected chi connectivity index (χ0v) is 11.7. The van der Waals surface area contributed by atoms with Gasteiger partial charge in [-0.15, -0.1) is 0 Å². The monoisotopic (exact) mass is 284 g/mol. The Morgan fingerprint density at radius 2 is 2.37 bits per heavy atom. The van der Waals surface area contributed by atoms with Crippen molar-refractivity contribution in [2.45, 2.75) is 19.8 Å². The molecule has 1 aliphatic rings. The number of hydrogen-bond donors (Lipinski definition) is 1. The lowest BCUT2D eigenvalue weighted by Gasteiger charge is -2.31. The minimum atomic E-state index is -0.438. The average Bonchev–Trinajstić information content (AvgIpc) is 2.37. The van der Waals surface area contributed by atoms with E-state index in [9.17, 15) is 9.18 Å². The van der Waals surface area contributed by atoms with Crippen molar-refractivity contribution in [3.63, 3.8) is 0 Å². The van der Waals surface area contributed by atoms with Gasteiger partial charge < -0.3 is 10.2 Å². The van der Waals surface area contributed by atoms with Gasteiger partial charge in [-0.25, -0.2) is 4.39 Å². The average molecular weight is 285 g/mol. The first-order chi connectivity index (χ1) is 9.06. The Labute approximate surface area is 117 Å². The van der Waals surface area contributed by atoms with Gasteiger partial charge in [-0.1, -0.05) is 18.5 Å². The van der Waals surface area contributed by atoms with E-state index in [4.69, 9.17) is 11.6 Å². The molecular weight excluding hydrogens is 267 g/mol. The summed E-state index contributed by atoms with van der Waals surface area (Å²) in [6, 6.07) is 4.38. The Hall–Kier alpha value is -1.29. The number of rotatable bonds is 3. The summed E-state index contributed by atoms with van der Waals surface area (Å²) in [4.78, 5) is 13.9. The SMILES string of the molecule is CC1CCCN(C(=O)CNc2ccc(Cl)cc2F)C1. The lowest BCUT2D eigenvalue weighted by molar-refractivity contribution is -0.130. The molecule has 1 amide bonds. The number of likely N-dealkylation sites (tertiary alicyclic amines) is 1. The first-order valence-electron chi connectivity index (χ1n) is 6.53. The van der Waals surface area contributed by atoms with Gasteiger partial charge in [-0.05, 0) is 37.0 Å². The second kappa shape index (κ2) is 6.24. The van der Waals surface area contributed by atoms with Gasteiger partial charge in [0.25, 0.3) is 0 Å². The molecule has 1 aromatic carbocycles. The number of amides is 1. The molecule has 2 rings (SSSR count). The number of nitrogens with zero attached hydrogens (tertiary/aromatic N) is 1. The highest BCUT2D eigenvalue weighted by Gasteiger charge is 2.20. The van der Waals surface area contributed by atoms with Crippen LogP contribution in [0.4, 0.5) is 10.1 Å². The normalized spacial score (nSPS) is 19.3. The molecule has 1 atom stereocenters. The van der Waals surface area contributed by atoms with Crippen LogP contribution in [0.15, 0.2) is 18.2 Å². The van der Waals surface area contributed by atoms with Gasteiger partial charge in [0.05, 0.1) is 12.2 Å². The van der Waals surface area contributed by atoms with Crippen LogP contribution in [0.25, 0.3) is 0 Å². The van der Waals surface area contributed by atoms with Crippen molar-refractivity contribution < 1.29 is 9.18 Å². The predicted octanol–water partition coefficient (Wildman–Crippen LogP) is 3.15. The maximum Gasteiger partial charge on any atom is 0.241 e. The van der Waals surface area contributed by atoms with Crippen LogP contribution in [-0.4, -0.2) is 30.4 Å². The molecule has 0 radical (unpaired) electrons. The van der Waals surface area contributed by atoms with E-state index in [1.807, 2.05) is 4.90 Å². The Kier molecular flexibility index (Phi) is 4.64. The van der Waals surface area contributed by atoms with Gasteiger partial charge in [0.1, 0.15) is 5.82 Å². The van der Waals surface area contributed by atoms with E-state index in [-0.39, 0.29) is 12.5 Å². The van der Waals surface area contributed by atoms with Crippen molar-refractivity contribution in [3.05, 3.63) is 29.0 Å². The van der Waals surface area contributed by atoms with E-state index in [0.717, 1.165) is 19.5 Å². The van der Waals surface area contributed by atoms with Crippen LogP contribution in [0.5, 0.6) is 0 Å². The molecule has 0 bridgehead atoms. The molecule has 19 heavy (non-hydrogen) atoms. The lowest BCUT2D eigenvalue weighted by atomic mass is 10.0. The van der Waals surface area contributed by atoms with Crippen molar-refractivity contribution in [1.82, 2.24) is 4.90 Å². The van der Waals surface area contributed by atoms with Crippen LogP contribution < -0.4 is 5.32 Å². The Bertz CT molecular complexity index is 467. The smallest absolute Gasteiger partial charge is 0.241 e. The second-order valence-electron chi connectivity index (χ2n) is 5.06. The third-order valence-electron chi connectivity index (χ3n) is 3.37. The minimum Gasteiger partial charge on any atom is -0.374 e. The Balaban J connectivity index is 1.89. The summed E-state index contributed by atoms with van der Waals surface area (Å²) >= 11 is 5.67. The van der Waals surface area contributed by atoms with Crippen molar-refractivity contribution in [3.8, 4) is 0 Å². The van der Waals surface area contributed by atoms with Gasteiger partial charge in [0, 0.05) is 18.1 Å². The van der Waals surface area contributed by atoms with Crippen LogP contribution in [0.1, 0.15) is 19.8 Å². The van der Waals surface area contributed by atoms with Gasteiger partial charge in [0.2, 0.25) is 5.91 Å². The molecule has 0 aromatic heterocycles. The highest BCUT2D eigenvalue weighted by Crippen LogP contribution is 2.19. The fourth-order valence-corrected chi connectivity index (χ4v) is 2.49. The van der Waals surface area contributed by atoms with E-state index >= 15 is 0 Å². The standard InChI is InChI=1S/C14H18ClFN2O/c1-10-3-2-6-18(9-10)14(19)8-17-13-5-4-11(15)7-12(13)16/h4-5,7,10,17H,2-3,6,8-9H2,1H3. The summed E-state index contributed by atoms with van der Waals surface area (Å²) in [5.41, 5.74) is 0.308. The lowest BCUT2D eigenvalue weighted by Crippen LogP contribution is -2.42. The molecule has 1 saturated heterocycles. The molecule has 0 aliphatic carbocycles. The number of halogens is 2. The molecule has 1 aromatic rings. The summed E-state index contributed by atoms with van der Waals surface area (Å²) in [5.74, 6) is 0.123. The van der Waals surface area contributed by atoms with E-state index in [1.165, 1.54) is 12.5 Å². The van der Waals surface area contributed by atoms with Crippen molar-refractivity contribution >= 4 is 23.2 Å². The third-order valence-corrected chi connectivity index (χ3v) is 3.61. The van der Waals surface area contributed by atoms with Crippen LogP contribution in [0, 0.1) is 11.7 Å². The largest absolute Gasteiger partial charge is 0.374 e. The van der Waals surface area contributed by atoms with E-state index in [0.29, 0.717) is 16.6 Å². The van der Waals surface area contributed by atoms with Crippen LogP contribution in [0.2, 0.25) is 5.02 Å². The van der Waals surface area contributed by atoms with Gasteiger partial charge in [-0.3, -0.25) is 4.79 Å². The van der Waals surface area contributed by atoms with Gasteiger partial charge in [-0.2, -0.15) is 0 Å². The zero-order chi connectivity index (χ0) is 13.8. The van der Waals surface area contributed by atoms with E-state index in [2.05, 4.69) is 12.2 Å². The van der Waals surface area contributed by atoms with Gasteiger partial charge >= 0.3 is 0 Å². The maximum atomic E-state index is 13.5. The first kappa shape index (κ1) is 14.1. The third kappa shape index (κ3) is 3.83. The summed E-state index contributed by atoms with van der Waals surface area (Å²) in [7, 11) is 0. The predicted molar refractivity (Wildman–Crippen MR) is 74.9 cm³/mol. The molecule has 3 nitrogen and oxygen atoms in total. The summed E-state index contributed by atoms with van der Waals surface area (Å²) < 4.78 is 13.5. The number of nitrogens with one attached hydrogen (secondary N) is 1. The number of piperidine rings is 1. The molecule has 1 heterocycles. The Morgan fingerprint density at radius 3 is 3.05 bits per heavy atom. The van der Waals surface area contributed by atoms with Gasteiger partial charge in [0.15, 0.2) is 0 Å². The second-order valence-corrected chi connectivity index (χ2v) is 5.50. The summed E-state index contributed by atoms with van der Waals surface area (Å²) in [5, 5.41) is 3.17. The van der Waals surface area contributed by atoms with Crippen molar-refractivity contribution in [2.75, 3.05) is 25.0 Å². The van der Waals surface area contributed by atoms with E-state index < -0.39 is 5.82 Å². The first-order valence-corrected chi connectivity index (χ1v) is 6.91. The van der Waals surface area contributed by atoms with Crippen molar-refractivity contribution in [1.29, 1.82) is 0 Å². The summed E-state index contributed by atoms with van der Waals surface area (Å²) in [6.07, 6.45) is 2.21. The molecule has 5 heteroatoms. The molecule has 1 N–H and O–H groups in total. The van der Waals surface area contributed by atoms with Crippen LogP contribution in [0.3, 0.4) is 0 Å². The molecular formula is C14H18ClFN2O. The molecule has 104 valence electrons. The maximum absolute atomic E-state index is 13.5. The topological polar surface area (TPSA) is 32.3 Å². The molecule has 0 saturated carbocycles. The Morgan fingerprint density at radius 1 is 1.58 bits per heavy atom. The fourth-order valence-electron chi connectivity index (χ4n) is 2.33. The molecule has 0 spiro atoms. The number of anilines is 1. The molecule has 1 aliphatic heterocycles.